The molecule has 11 nitrogen and oxygen atoms in total. The van der Waals surface area contributed by atoms with Crippen molar-refractivity contribution in [3.8, 4) is 11.3 Å². The number of benzene rings is 1. The van der Waals surface area contributed by atoms with E-state index in [0.717, 1.165) is 0 Å². The fourth-order valence-corrected chi connectivity index (χ4v) is 2.90. The third-order valence-electron chi connectivity index (χ3n) is 3.99. The molecule has 0 aliphatic carbocycles. The van der Waals surface area contributed by atoms with Crippen LogP contribution in [-0.4, -0.2) is 35.8 Å². The summed E-state index contributed by atoms with van der Waals surface area (Å²) in [5.41, 5.74) is 0.690. The van der Waals surface area contributed by atoms with Crippen LogP contribution >= 0.6 is 12.2 Å². The minimum absolute atomic E-state index is 0.0613. The maximum atomic E-state index is 12.5. The molecule has 0 radical (unpaired) electrons. The molecule has 3 rings (SSSR count). The summed E-state index contributed by atoms with van der Waals surface area (Å²) in [5, 5.41) is 24.3. The van der Waals surface area contributed by atoms with Crippen molar-refractivity contribution in [2.75, 3.05) is 5.32 Å². The molecule has 1 aromatic carbocycles. The van der Waals surface area contributed by atoms with E-state index in [2.05, 4.69) is 25.6 Å². The van der Waals surface area contributed by atoms with E-state index >= 15 is 0 Å². The van der Waals surface area contributed by atoms with Crippen molar-refractivity contribution < 1.29 is 9.72 Å². The fraction of sp³-hybridized carbons (Fsp3) is 0.188. The Morgan fingerprint density at radius 3 is 2.71 bits per heavy atom. The van der Waals surface area contributed by atoms with Crippen LogP contribution in [0.4, 0.5) is 11.4 Å². The predicted molar refractivity (Wildman–Crippen MR) is 102 cm³/mol. The maximum Gasteiger partial charge on any atom is 0.312 e. The number of anilines is 1. The largest absolute Gasteiger partial charge is 0.324 e. The summed E-state index contributed by atoms with van der Waals surface area (Å²) in [4.78, 5) is 37.6. The summed E-state index contributed by atoms with van der Waals surface area (Å²) >= 11 is 4.83. The molecule has 0 fully saturated rings. The SMILES string of the molecule is Cc1nn(CC(=O)Nc2ccccc2-c2n[nH]c(=S)[nH]c2=O)c(C)c1[N+](=O)[O-]. The van der Waals surface area contributed by atoms with Crippen LogP contribution in [0.25, 0.3) is 11.3 Å². The molecule has 3 N–H and O–H groups in total. The number of aryl methyl sites for hydroxylation is 1. The van der Waals surface area contributed by atoms with E-state index in [1.54, 1.807) is 24.3 Å². The lowest BCUT2D eigenvalue weighted by Gasteiger charge is -2.10. The molecule has 0 atom stereocenters. The molecule has 28 heavy (non-hydrogen) atoms. The third kappa shape index (κ3) is 3.71. The van der Waals surface area contributed by atoms with Gasteiger partial charge in [0.15, 0.2) is 10.5 Å². The summed E-state index contributed by atoms with van der Waals surface area (Å²) in [7, 11) is 0. The zero-order valence-corrected chi connectivity index (χ0v) is 15.7. The van der Waals surface area contributed by atoms with Gasteiger partial charge in [-0.25, -0.2) is 0 Å². The van der Waals surface area contributed by atoms with E-state index in [1.165, 1.54) is 18.5 Å². The molecular weight excluding hydrogens is 386 g/mol. The first-order valence-corrected chi connectivity index (χ1v) is 8.45. The van der Waals surface area contributed by atoms with Gasteiger partial charge in [-0.15, -0.1) is 0 Å². The number of nitro groups is 1. The van der Waals surface area contributed by atoms with Gasteiger partial charge in [0.2, 0.25) is 5.91 Å². The number of nitrogens with one attached hydrogen (secondary N) is 3. The Bertz CT molecular complexity index is 1190. The number of carbonyl (C=O) groups excluding carboxylic acids is 1. The quantitative estimate of drug-likeness (QED) is 0.335. The van der Waals surface area contributed by atoms with Crippen molar-refractivity contribution >= 4 is 29.5 Å². The van der Waals surface area contributed by atoms with E-state index in [9.17, 15) is 19.7 Å². The molecule has 0 aliphatic heterocycles. The smallest absolute Gasteiger partial charge is 0.312 e. The minimum Gasteiger partial charge on any atom is -0.324 e. The summed E-state index contributed by atoms with van der Waals surface area (Å²) in [6.07, 6.45) is 0. The third-order valence-corrected chi connectivity index (χ3v) is 4.18. The number of hydrogen-bond donors (Lipinski definition) is 3. The van der Waals surface area contributed by atoms with Gasteiger partial charge >= 0.3 is 5.69 Å². The lowest BCUT2D eigenvalue weighted by molar-refractivity contribution is -0.386. The van der Waals surface area contributed by atoms with Gasteiger partial charge in [0, 0.05) is 5.56 Å². The van der Waals surface area contributed by atoms with Crippen LogP contribution in [0.3, 0.4) is 0 Å². The van der Waals surface area contributed by atoms with E-state index in [4.69, 9.17) is 12.2 Å². The number of H-pyrrole nitrogens is 2. The molecule has 2 aromatic heterocycles. The Labute approximate surface area is 162 Å². The number of carbonyl (C=O) groups is 1. The minimum atomic E-state index is -0.529. The zero-order chi connectivity index (χ0) is 20.4. The standard InChI is InChI=1S/C16H15N7O4S/c1-8-14(23(26)27)9(2)22(21-8)7-12(24)17-11-6-4-3-5-10(11)13-15(25)18-16(28)20-19-13/h3-6H,7H2,1-2H3,(H,17,24)(H2,18,20,25,28). The number of rotatable bonds is 5. The molecule has 0 aliphatic rings. The fourth-order valence-electron chi connectivity index (χ4n) is 2.76. The summed E-state index contributed by atoms with van der Waals surface area (Å²) in [6.45, 7) is 2.80. The topological polar surface area (TPSA) is 152 Å². The zero-order valence-electron chi connectivity index (χ0n) is 14.8. The molecule has 0 spiro atoms. The molecule has 0 unspecified atom stereocenters. The van der Waals surface area contributed by atoms with Gasteiger partial charge in [-0.1, -0.05) is 18.2 Å². The molecule has 2 heterocycles. The first-order chi connectivity index (χ1) is 13.3. The van der Waals surface area contributed by atoms with E-state index in [1.807, 2.05) is 0 Å². The molecule has 0 bridgehead atoms. The summed E-state index contributed by atoms with van der Waals surface area (Å²) in [6, 6.07) is 6.61. The average molecular weight is 401 g/mol. The highest BCUT2D eigenvalue weighted by Crippen LogP contribution is 2.24. The van der Waals surface area contributed by atoms with Gasteiger partial charge in [0.1, 0.15) is 17.9 Å². The van der Waals surface area contributed by atoms with Crippen molar-refractivity contribution in [2.45, 2.75) is 20.4 Å². The normalized spacial score (nSPS) is 10.6. The van der Waals surface area contributed by atoms with Crippen molar-refractivity contribution in [2.24, 2.45) is 0 Å². The first-order valence-electron chi connectivity index (χ1n) is 8.04. The number of hydrogen-bond acceptors (Lipinski definition) is 7. The number of nitrogens with zero attached hydrogens (tertiary/aromatic N) is 4. The number of amides is 1. The van der Waals surface area contributed by atoms with Gasteiger partial charge in [-0.3, -0.25) is 34.5 Å². The molecule has 3 aromatic rings. The molecule has 12 heteroatoms. The second-order valence-electron chi connectivity index (χ2n) is 5.88. The lowest BCUT2D eigenvalue weighted by atomic mass is 10.1. The second kappa shape index (κ2) is 7.52. The summed E-state index contributed by atoms with van der Waals surface area (Å²) < 4.78 is 1.34. The van der Waals surface area contributed by atoms with E-state index in [0.29, 0.717) is 11.3 Å². The second-order valence-corrected chi connectivity index (χ2v) is 6.29. The van der Waals surface area contributed by atoms with E-state index < -0.39 is 16.4 Å². The highest BCUT2D eigenvalue weighted by molar-refractivity contribution is 7.71. The van der Waals surface area contributed by atoms with Crippen LogP contribution in [0.15, 0.2) is 29.1 Å². The van der Waals surface area contributed by atoms with E-state index in [-0.39, 0.29) is 34.1 Å². The first kappa shape index (κ1) is 19.1. The van der Waals surface area contributed by atoms with Crippen molar-refractivity contribution in [3.63, 3.8) is 0 Å². The van der Waals surface area contributed by atoms with Gasteiger partial charge in [-0.2, -0.15) is 10.2 Å². The molecular formula is C16H15N7O4S. The molecule has 0 saturated heterocycles. The maximum absolute atomic E-state index is 12.5. The van der Waals surface area contributed by atoms with Gasteiger partial charge < -0.3 is 5.32 Å². The van der Waals surface area contributed by atoms with Crippen LogP contribution in [-0.2, 0) is 11.3 Å². The van der Waals surface area contributed by atoms with Crippen LogP contribution in [0.1, 0.15) is 11.4 Å². The Hall–Kier alpha value is -3.67. The van der Waals surface area contributed by atoms with Crippen LogP contribution < -0.4 is 10.9 Å². The summed E-state index contributed by atoms with van der Waals surface area (Å²) in [5.74, 6) is -0.465. The van der Waals surface area contributed by atoms with Crippen LogP contribution in [0.5, 0.6) is 0 Å². The monoisotopic (exact) mass is 401 g/mol. The average Bonchev–Trinajstić information content (AvgIpc) is 2.89. The Morgan fingerprint density at radius 2 is 2.07 bits per heavy atom. The van der Waals surface area contributed by atoms with Crippen LogP contribution in [0, 0.1) is 28.7 Å². The van der Waals surface area contributed by atoms with Crippen molar-refractivity contribution in [1.29, 1.82) is 0 Å². The Kier molecular flexibility index (Phi) is 5.13. The highest BCUT2D eigenvalue weighted by atomic mass is 32.1. The predicted octanol–water partition coefficient (Wildman–Crippen LogP) is 1.85. The lowest BCUT2D eigenvalue weighted by Crippen LogP contribution is -2.21. The number of aromatic nitrogens is 5. The Balaban J connectivity index is 1.88. The van der Waals surface area contributed by atoms with Crippen LogP contribution in [0.2, 0.25) is 0 Å². The molecule has 0 saturated carbocycles. The van der Waals surface area contributed by atoms with Gasteiger partial charge in [-0.05, 0) is 32.1 Å². The van der Waals surface area contributed by atoms with Crippen molar-refractivity contribution in [3.05, 3.63) is 60.9 Å². The number of para-hydroxylation sites is 1. The highest BCUT2D eigenvalue weighted by Gasteiger charge is 2.23. The van der Waals surface area contributed by atoms with Crippen molar-refractivity contribution in [1.82, 2.24) is 25.0 Å². The van der Waals surface area contributed by atoms with Gasteiger partial charge in [0.25, 0.3) is 5.56 Å². The van der Waals surface area contributed by atoms with Gasteiger partial charge in [0.05, 0.1) is 10.6 Å². The Morgan fingerprint density at radius 1 is 1.36 bits per heavy atom. The molecule has 1 amide bonds. The number of aromatic amines is 2. The molecule has 144 valence electrons.